The van der Waals surface area contributed by atoms with Gasteiger partial charge in [-0.2, -0.15) is 0 Å². The van der Waals surface area contributed by atoms with Crippen molar-refractivity contribution in [3.63, 3.8) is 0 Å². The molecule has 98 valence electrons. The molecule has 1 amide bonds. The molecule has 1 aromatic heterocycles. The lowest BCUT2D eigenvalue weighted by molar-refractivity contribution is -0.131. The number of carbonyl (C=O) groups is 1. The summed E-state index contributed by atoms with van der Waals surface area (Å²) in [6.45, 7) is 4.06. The molecule has 2 rings (SSSR count). The fourth-order valence-corrected chi connectivity index (χ4v) is 3.38. The molecular formula is C13H18N2OS2. The van der Waals surface area contributed by atoms with Crippen molar-refractivity contribution in [3.8, 4) is 0 Å². The number of thiocarbonyl (C=S) groups is 1. The van der Waals surface area contributed by atoms with Crippen LogP contribution in [0.2, 0.25) is 0 Å². The fraction of sp³-hybridized carbons (Fsp3) is 0.538. The molecule has 1 saturated carbocycles. The number of hydrogen-bond acceptors (Lipinski definition) is 3. The number of aryl methyl sites for hydroxylation is 1. The standard InChI is InChI=1S/C13H18N2OS2/c1-8-4-5-10(18-8)9(2)15-12(16)13(11(14)17)6-3-7-13/h4-5,9H,3,6-7H2,1-2H3,(H2,14,17)(H,15,16). The normalized spacial score (nSPS) is 18.8. The maximum Gasteiger partial charge on any atom is 0.233 e. The Hall–Kier alpha value is -0.940. The molecule has 1 unspecified atom stereocenters. The molecule has 0 spiro atoms. The summed E-state index contributed by atoms with van der Waals surface area (Å²) in [4.78, 5) is 15.1. The van der Waals surface area contributed by atoms with E-state index in [1.807, 2.05) is 6.92 Å². The van der Waals surface area contributed by atoms with Gasteiger partial charge in [0.15, 0.2) is 0 Å². The van der Waals surface area contributed by atoms with Gasteiger partial charge in [-0.1, -0.05) is 18.6 Å². The van der Waals surface area contributed by atoms with Crippen LogP contribution in [0.1, 0.15) is 42.0 Å². The van der Waals surface area contributed by atoms with E-state index < -0.39 is 5.41 Å². The number of carbonyl (C=O) groups excluding carboxylic acids is 1. The highest BCUT2D eigenvalue weighted by Crippen LogP contribution is 2.42. The average molecular weight is 282 g/mol. The molecule has 0 saturated heterocycles. The Morgan fingerprint density at radius 1 is 1.56 bits per heavy atom. The fourth-order valence-electron chi connectivity index (χ4n) is 2.21. The predicted molar refractivity (Wildman–Crippen MR) is 78.7 cm³/mol. The van der Waals surface area contributed by atoms with Gasteiger partial charge in [-0.25, -0.2) is 0 Å². The number of thiophene rings is 1. The van der Waals surface area contributed by atoms with Crippen molar-refractivity contribution in [1.82, 2.24) is 5.32 Å². The van der Waals surface area contributed by atoms with Crippen molar-refractivity contribution in [2.45, 2.75) is 39.2 Å². The first-order chi connectivity index (χ1) is 8.45. The van der Waals surface area contributed by atoms with Crippen molar-refractivity contribution in [2.24, 2.45) is 11.1 Å². The molecule has 0 bridgehead atoms. The Labute approximate surface area is 117 Å². The summed E-state index contributed by atoms with van der Waals surface area (Å²) in [5.74, 6) is -0.0141. The minimum absolute atomic E-state index is 0.0141. The Kier molecular flexibility index (Phi) is 3.73. The highest BCUT2D eigenvalue weighted by Gasteiger charge is 2.47. The molecule has 3 nitrogen and oxygen atoms in total. The second-order valence-electron chi connectivity index (χ2n) is 4.94. The second kappa shape index (κ2) is 4.97. The van der Waals surface area contributed by atoms with E-state index in [0.29, 0.717) is 4.99 Å². The van der Waals surface area contributed by atoms with Gasteiger partial charge in [0.25, 0.3) is 0 Å². The number of nitrogens with two attached hydrogens (primary N) is 1. The van der Waals surface area contributed by atoms with Gasteiger partial charge in [0.2, 0.25) is 5.91 Å². The lowest BCUT2D eigenvalue weighted by Gasteiger charge is -2.39. The van der Waals surface area contributed by atoms with E-state index >= 15 is 0 Å². The van der Waals surface area contributed by atoms with Crippen LogP contribution in [0.4, 0.5) is 0 Å². The van der Waals surface area contributed by atoms with Crippen LogP contribution in [-0.4, -0.2) is 10.9 Å². The van der Waals surface area contributed by atoms with Gasteiger partial charge >= 0.3 is 0 Å². The first-order valence-electron chi connectivity index (χ1n) is 6.13. The zero-order valence-corrected chi connectivity index (χ0v) is 12.3. The van der Waals surface area contributed by atoms with Gasteiger partial charge in [-0.15, -0.1) is 11.3 Å². The zero-order chi connectivity index (χ0) is 13.3. The first kappa shape index (κ1) is 13.5. The Morgan fingerprint density at radius 3 is 2.61 bits per heavy atom. The largest absolute Gasteiger partial charge is 0.392 e. The third-order valence-electron chi connectivity index (χ3n) is 3.65. The zero-order valence-electron chi connectivity index (χ0n) is 10.7. The second-order valence-corrected chi connectivity index (χ2v) is 6.70. The lowest BCUT2D eigenvalue weighted by atomic mass is 9.68. The summed E-state index contributed by atoms with van der Waals surface area (Å²) >= 11 is 6.75. The number of rotatable bonds is 4. The minimum atomic E-state index is -0.587. The molecule has 0 aromatic carbocycles. The predicted octanol–water partition coefficient (Wildman–Crippen LogP) is 2.69. The van der Waals surface area contributed by atoms with Crippen LogP contribution in [0.5, 0.6) is 0 Å². The molecule has 1 fully saturated rings. The summed E-state index contributed by atoms with van der Waals surface area (Å²) < 4.78 is 0. The minimum Gasteiger partial charge on any atom is -0.392 e. The SMILES string of the molecule is Cc1ccc(C(C)NC(=O)C2(C(N)=S)CCC2)s1. The van der Waals surface area contributed by atoms with Crippen LogP contribution in [0.3, 0.4) is 0 Å². The quantitative estimate of drug-likeness (QED) is 0.835. The number of nitrogens with one attached hydrogen (secondary N) is 1. The molecule has 3 N–H and O–H groups in total. The van der Waals surface area contributed by atoms with E-state index in [9.17, 15) is 4.79 Å². The van der Waals surface area contributed by atoms with Gasteiger partial charge in [0.1, 0.15) is 0 Å². The molecule has 1 aliphatic carbocycles. The highest BCUT2D eigenvalue weighted by molar-refractivity contribution is 7.80. The first-order valence-corrected chi connectivity index (χ1v) is 7.35. The molecule has 1 heterocycles. The molecular weight excluding hydrogens is 264 g/mol. The molecule has 0 radical (unpaired) electrons. The monoisotopic (exact) mass is 282 g/mol. The summed E-state index contributed by atoms with van der Waals surface area (Å²) in [5, 5.41) is 3.04. The average Bonchev–Trinajstić information content (AvgIpc) is 2.62. The molecule has 0 aliphatic heterocycles. The van der Waals surface area contributed by atoms with E-state index in [0.717, 1.165) is 19.3 Å². The number of hydrogen-bond donors (Lipinski definition) is 2. The summed E-state index contributed by atoms with van der Waals surface area (Å²) in [5.41, 5.74) is 5.14. The van der Waals surface area contributed by atoms with Gasteiger partial charge in [0.05, 0.1) is 16.4 Å². The lowest BCUT2D eigenvalue weighted by Crippen LogP contribution is -2.53. The molecule has 1 aromatic rings. The maximum atomic E-state index is 12.3. The van der Waals surface area contributed by atoms with E-state index in [4.69, 9.17) is 18.0 Å². The topological polar surface area (TPSA) is 55.1 Å². The van der Waals surface area contributed by atoms with Gasteiger partial charge in [-0.3, -0.25) is 4.79 Å². The Morgan fingerprint density at radius 2 is 2.22 bits per heavy atom. The van der Waals surface area contributed by atoms with Crippen molar-refractivity contribution in [2.75, 3.05) is 0 Å². The Balaban J connectivity index is 2.05. The third-order valence-corrected chi connectivity index (χ3v) is 5.22. The third kappa shape index (κ3) is 2.29. The van der Waals surface area contributed by atoms with Crippen LogP contribution < -0.4 is 11.1 Å². The van der Waals surface area contributed by atoms with Crippen LogP contribution in [0.15, 0.2) is 12.1 Å². The Bertz CT molecular complexity index is 477. The van der Waals surface area contributed by atoms with Crippen molar-refractivity contribution >= 4 is 34.5 Å². The van der Waals surface area contributed by atoms with Crippen LogP contribution in [-0.2, 0) is 4.79 Å². The van der Waals surface area contributed by atoms with Gasteiger partial charge < -0.3 is 11.1 Å². The van der Waals surface area contributed by atoms with Gasteiger partial charge in [0, 0.05) is 9.75 Å². The number of amides is 1. The van der Waals surface area contributed by atoms with E-state index in [2.05, 4.69) is 24.4 Å². The summed E-state index contributed by atoms with van der Waals surface area (Å²) in [6.07, 6.45) is 2.59. The smallest absolute Gasteiger partial charge is 0.233 e. The van der Waals surface area contributed by atoms with Crippen molar-refractivity contribution < 1.29 is 4.79 Å². The van der Waals surface area contributed by atoms with Crippen molar-refractivity contribution in [1.29, 1.82) is 0 Å². The summed E-state index contributed by atoms with van der Waals surface area (Å²) in [7, 11) is 0. The van der Waals surface area contributed by atoms with Crippen LogP contribution in [0, 0.1) is 12.3 Å². The summed E-state index contributed by atoms with van der Waals surface area (Å²) in [6, 6.07) is 4.14. The van der Waals surface area contributed by atoms with Gasteiger partial charge in [-0.05, 0) is 38.8 Å². The van der Waals surface area contributed by atoms with Crippen LogP contribution in [0.25, 0.3) is 0 Å². The van der Waals surface area contributed by atoms with Crippen LogP contribution >= 0.6 is 23.6 Å². The molecule has 1 atom stereocenters. The van der Waals surface area contributed by atoms with E-state index in [1.54, 1.807) is 11.3 Å². The molecule has 1 aliphatic rings. The van der Waals surface area contributed by atoms with E-state index in [-0.39, 0.29) is 11.9 Å². The molecule has 18 heavy (non-hydrogen) atoms. The van der Waals surface area contributed by atoms with Crippen molar-refractivity contribution in [3.05, 3.63) is 21.9 Å². The molecule has 5 heteroatoms. The maximum absolute atomic E-state index is 12.3. The van der Waals surface area contributed by atoms with E-state index in [1.165, 1.54) is 9.75 Å². The highest BCUT2D eigenvalue weighted by atomic mass is 32.1.